The summed E-state index contributed by atoms with van der Waals surface area (Å²) in [6.45, 7) is 2.59. The van der Waals surface area contributed by atoms with Crippen LogP contribution in [0.25, 0.3) is 0 Å². The van der Waals surface area contributed by atoms with E-state index in [9.17, 15) is 8.42 Å². The van der Waals surface area contributed by atoms with Crippen molar-refractivity contribution in [1.82, 2.24) is 4.31 Å². The Morgan fingerprint density at radius 3 is 2.44 bits per heavy atom. The van der Waals surface area contributed by atoms with Crippen LogP contribution in [0.4, 0.5) is 0 Å². The van der Waals surface area contributed by atoms with Crippen molar-refractivity contribution in [2.75, 3.05) is 13.1 Å². The van der Waals surface area contributed by atoms with Crippen LogP contribution < -0.4 is 4.74 Å². The van der Waals surface area contributed by atoms with E-state index >= 15 is 0 Å². The lowest BCUT2D eigenvalue weighted by Gasteiger charge is -2.35. The third-order valence-electron chi connectivity index (χ3n) is 2.56. The summed E-state index contributed by atoms with van der Waals surface area (Å²) in [6, 6.07) is 6.23. The fraction of sp³-hybridized carbons (Fsp3) is 0.333. The normalized spacial score (nSPS) is 16.6. The molecule has 1 saturated heterocycles. The molecule has 1 aromatic carbocycles. The van der Waals surface area contributed by atoms with Gasteiger partial charge in [-0.25, -0.2) is 8.42 Å². The van der Waals surface area contributed by atoms with Gasteiger partial charge in [0.25, 0.3) is 0 Å². The lowest BCUT2D eigenvalue weighted by Crippen LogP contribution is -2.50. The summed E-state index contributed by atoms with van der Waals surface area (Å²) in [5, 5.41) is 0.141. The molecule has 6 heteroatoms. The Morgan fingerprint density at radius 2 is 1.94 bits per heavy atom. The number of sulfonamides is 1. The Morgan fingerprint density at radius 1 is 1.33 bits per heavy atom. The third-order valence-corrected chi connectivity index (χ3v) is 4.73. The van der Waals surface area contributed by atoms with Crippen molar-refractivity contribution in [3.8, 4) is 17.8 Å². The maximum atomic E-state index is 12.1. The summed E-state index contributed by atoms with van der Waals surface area (Å²) in [5.41, 5.74) is 0. The molecule has 0 N–H and O–H groups in total. The molecule has 1 heterocycles. The van der Waals surface area contributed by atoms with E-state index in [0.717, 1.165) is 0 Å². The van der Waals surface area contributed by atoms with Gasteiger partial charge in [-0.3, -0.25) is 0 Å². The molecule has 18 heavy (non-hydrogen) atoms. The Kier molecular flexibility index (Phi) is 3.85. The first-order chi connectivity index (χ1) is 8.54. The summed E-state index contributed by atoms with van der Waals surface area (Å²) < 4.78 is 30.7. The van der Waals surface area contributed by atoms with Crippen LogP contribution in [0.15, 0.2) is 29.2 Å². The highest BCUT2D eigenvalue weighted by Crippen LogP contribution is 2.25. The van der Waals surface area contributed by atoms with E-state index in [1.165, 1.54) is 16.4 Å². The van der Waals surface area contributed by atoms with Gasteiger partial charge in [-0.1, -0.05) is 5.92 Å². The van der Waals surface area contributed by atoms with Gasteiger partial charge in [0.05, 0.1) is 4.90 Å². The SMILES string of the molecule is CC#COc1ccc(S(=O)(=O)N2CC(S)C2)cc1. The molecule has 1 aliphatic heterocycles. The van der Waals surface area contributed by atoms with Crippen molar-refractivity contribution in [3.05, 3.63) is 24.3 Å². The molecular weight excluding hydrogens is 270 g/mol. The maximum absolute atomic E-state index is 12.1. The second-order valence-electron chi connectivity index (χ2n) is 3.90. The summed E-state index contributed by atoms with van der Waals surface area (Å²) >= 11 is 4.20. The number of benzene rings is 1. The number of hydrogen-bond donors (Lipinski definition) is 1. The topological polar surface area (TPSA) is 46.6 Å². The highest BCUT2D eigenvalue weighted by atomic mass is 32.2. The molecule has 1 fully saturated rings. The molecule has 0 amide bonds. The zero-order valence-electron chi connectivity index (χ0n) is 9.83. The Bertz CT molecular complexity index is 578. The molecule has 0 saturated carbocycles. The molecule has 0 spiro atoms. The van der Waals surface area contributed by atoms with Crippen LogP contribution in [0.2, 0.25) is 0 Å². The zero-order valence-corrected chi connectivity index (χ0v) is 11.5. The largest absolute Gasteiger partial charge is 0.408 e. The van der Waals surface area contributed by atoms with E-state index in [2.05, 4.69) is 24.7 Å². The predicted molar refractivity (Wildman–Crippen MR) is 72.1 cm³/mol. The average molecular weight is 283 g/mol. The quantitative estimate of drug-likeness (QED) is 0.673. The van der Waals surface area contributed by atoms with Crippen LogP contribution in [0.1, 0.15) is 6.92 Å². The maximum Gasteiger partial charge on any atom is 0.243 e. The fourth-order valence-electron chi connectivity index (χ4n) is 1.55. The van der Waals surface area contributed by atoms with E-state index in [0.29, 0.717) is 18.8 Å². The van der Waals surface area contributed by atoms with Gasteiger partial charge in [0.2, 0.25) is 10.0 Å². The molecule has 0 radical (unpaired) electrons. The Balaban J connectivity index is 2.15. The second-order valence-corrected chi connectivity index (χ2v) is 6.57. The molecule has 4 nitrogen and oxygen atoms in total. The number of rotatable bonds is 3. The summed E-state index contributed by atoms with van der Waals surface area (Å²) in [5.74, 6) is 3.12. The lowest BCUT2D eigenvalue weighted by atomic mass is 10.3. The van der Waals surface area contributed by atoms with Crippen molar-refractivity contribution in [2.24, 2.45) is 0 Å². The molecule has 0 unspecified atom stereocenters. The Hall–Kier alpha value is -1.16. The molecule has 2 rings (SSSR count). The van der Waals surface area contributed by atoms with Crippen molar-refractivity contribution in [3.63, 3.8) is 0 Å². The minimum absolute atomic E-state index is 0.141. The van der Waals surface area contributed by atoms with Crippen LogP contribution in [0.5, 0.6) is 5.75 Å². The average Bonchev–Trinajstić information content (AvgIpc) is 2.33. The number of hydrogen-bond acceptors (Lipinski definition) is 4. The van der Waals surface area contributed by atoms with E-state index in [4.69, 9.17) is 4.74 Å². The zero-order chi connectivity index (χ0) is 13.2. The van der Waals surface area contributed by atoms with Gasteiger partial charge in [0.15, 0.2) is 0 Å². The van der Waals surface area contributed by atoms with Crippen molar-refractivity contribution in [1.29, 1.82) is 0 Å². The predicted octanol–water partition coefficient (Wildman–Crippen LogP) is 1.35. The summed E-state index contributed by atoms with van der Waals surface area (Å²) in [4.78, 5) is 0.263. The molecule has 0 aromatic heterocycles. The molecule has 0 bridgehead atoms. The monoisotopic (exact) mass is 283 g/mol. The first kappa shape index (κ1) is 13.3. The summed E-state index contributed by atoms with van der Waals surface area (Å²) in [6.07, 6.45) is 2.45. The van der Waals surface area contributed by atoms with E-state index < -0.39 is 10.0 Å². The molecule has 1 aliphatic rings. The first-order valence-electron chi connectivity index (χ1n) is 5.41. The first-order valence-corrected chi connectivity index (χ1v) is 7.36. The van der Waals surface area contributed by atoms with Crippen molar-refractivity contribution >= 4 is 22.7 Å². The Labute approximate surface area is 112 Å². The standard InChI is InChI=1S/C12H13NO3S2/c1-2-7-16-10-3-5-12(6-4-10)18(14,15)13-8-11(17)9-13/h3-6,11,17H,8-9H2,1H3. The van der Waals surface area contributed by atoms with Gasteiger partial charge in [0.1, 0.15) is 11.9 Å². The molecule has 1 aromatic rings. The highest BCUT2D eigenvalue weighted by molar-refractivity contribution is 7.89. The molecule has 0 aliphatic carbocycles. The van der Waals surface area contributed by atoms with E-state index in [1.54, 1.807) is 19.1 Å². The molecule has 0 atom stereocenters. The van der Waals surface area contributed by atoms with Gasteiger partial charge in [-0.05, 0) is 24.3 Å². The highest BCUT2D eigenvalue weighted by Gasteiger charge is 2.34. The number of thiol groups is 1. The smallest absolute Gasteiger partial charge is 0.243 e. The van der Waals surface area contributed by atoms with E-state index in [-0.39, 0.29) is 10.1 Å². The molecule has 96 valence electrons. The van der Waals surface area contributed by atoms with Gasteiger partial charge in [-0.2, -0.15) is 16.9 Å². The minimum Gasteiger partial charge on any atom is -0.408 e. The summed E-state index contributed by atoms with van der Waals surface area (Å²) in [7, 11) is -3.38. The van der Waals surface area contributed by atoms with Crippen molar-refractivity contribution < 1.29 is 13.2 Å². The second kappa shape index (κ2) is 5.22. The van der Waals surface area contributed by atoms with Gasteiger partial charge in [-0.15, -0.1) is 0 Å². The van der Waals surface area contributed by atoms with Crippen LogP contribution in [-0.4, -0.2) is 31.1 Å². The molecular formula is C12H13NO3S2. The van der Waals surface area contributed by atoms with Crippen LogP contribution in [-0.2, 0) is 10.0 Å². The van der Waals surface area contributed by atoms with Crippen molar-refractivity contribution in [2.45, 2.75) is 17.1 Å². The van der Waals surface area contributed by atoms with Crippen LogP contribution in [0.3, 0.4) is 0 Å². The van der Waals surface area contributed by atoms with Crippen LogP contribution >= 0.6 is 12.6 Å². The van der Waals surface area contributed by atoms with Crippen LogP contribution in [0, 0.1) is 12.0 Å². The fourth-order valence-corrected chi connectivity index (χ4v) is 3.70. The third kappa shape index (κ3) is 2.64. The van der Waals surface area contributed by atoms with Gasteiger partial charge >= 0.3 is 0 Å². The number of nitrogens with zero attached hydrogens (tertiary/aromatic N) is 1. The number of ether oxygens (including phenoxy) is 1. The minimum atomic E-state index is -3.38. The lowest BCUT2D eigenvalue weighted by molar-refractivity contribution is 0.321. The van der Waals surface area contributed by atoms with Gasteiger partial charge in [0, 0.05) is 25.3 Å². The van der Waals surface area contributed by atoms with Gasteiger partial charge < -0.3 is 4.74 Å². The van der Waals surface area contributed by atoms with E-state index in [1.807, 2.05) is 0 Å².